The average molecular weight is 538 g/mol. The van der Waals surface area contributed by atoms with Crippen LogP contribution in [0, 0.1) is 0 Å². The Balaban J connectivity index is 1.23. The van der Waals surface area contributed by atoms with Crippen molar-refractivity contribution in [3.05, 3.63) is 139 Å². The van der Waals surface area contributed by atoms with E-state index in [1.807, 2.05) is 30.3 Å². The van der Waals surface area contributed by atoms with Crippen LogP contribution in [0.4, 0.5) is 0 Å². The lowest BCUT2D eigenvalue weighted by atomic mass is 9.79. The minimum Gasteiger partial charge on any atom is -0.435 e. The van der Waals surface area contributed by atoms with Crippen LogP contribution in [0.3, 0.4) is 0 Å². The van der Waals surface area contributed by atoms with Crippen molar-refractivity contribution in [1.29, 1.82) is 0 Å². The van der Waals surface area contributed by atoms with E-state index in [1.54, 1.807) is 0 Å². The van der Waals surface area contributed by atoms with Gasteiger partial charge in [0.1, 0.15) is 5.52 Å². The zero-order valence-corrected chi connectivity index (χ0v) is 23.5. The molecule has 0 N–H and O–H groups in total. The van der Waals surface area contributed by atoms with Crippen molar-refractivity contribution in [1.82, 2.24) is 4.98 Å². The Morgan fingerprint density at radius 2 is 1.21 bits per heavy atom. The van der Waals surface area contributed by atoms with Crippen LogP contribution >= 0.6 is 0 Å². The van der Waals surface area contributed by atoms with Crippen LogP contribution in [-0.2, 0) is 5.41 Å². The summed E-state index contributed by atoms with van der Waals surface area (Å²) in [4.78, 5) is 4.85. The van der Waals surface area contributed by atoms with Gasteiger partial charge in [-0.15, -0.1) is 0 Å². The molecule has 1 aliphatic carbocycles. The number of nitrogens with zero attached hydrogens (tertiary/aromatic N) is 1. The highest BCUT2D eigenvalue weighted by molar-refractivity contribution is 6.18. The number of fused-ring (bicyclic) bond motifs is 10. The van der Waals surface area contributed by atoms with E-state index in [-0.39, 0.29) is 5.41 Å². The molecule has 0 saturated heterocycles. The summed E-state index contributed by atoms with van der Waals surface area (Å²) in [7, 11) is 0. The number of oxazole rings is 1. The first kappa shape index (κ1) is 23.5. The van der Waals surface area contributed by atoms with Crippen LogP contribution in [0.1, 0.15) is 25.0 Å². The van der Waals surface area contributed by atoms with Crippen LogP contribution in [0.2, 0.25) is 0 Å². The van der Waals surface area contributed by atoms with Gasteiger partial charge < -0.3 is 4.42 Å². The third kappa shape index (κ3) is 3.24. The van der Waals surface area contributed by atoms with Crippen molar-refractivity contribution in [3.63, 3.8) is 0 Å². The van der Waals surface area contributed by atoms with Gasteiger partial charge in [0.2, 0.25) is 5.89 Å². The van der Waals surface area contributed by atoms with Gasteiger partial charge in [-0.1, -0.05) is 111 Å². The lowest BCUT2D eigenvalue weighted by Crippen LogP contribution is -2.15. The maximum Gasteiger partial charge on any atom is 0.227 e. The van der Waals surface area contributed by atoms with Crippen LogP contribution in [-0.4, -0.2) is 4.98 Å². The third-order valence-electron chi connectivity index (χ3n) is 9.25. The van der Waals surface area contributed by atoms with Crippen LogP contribution in [0.5, 0.6) is 0 Å². The highest BCUT2D eigenvalue weighted by atomic mass is 16.3. The standard InChI is InChI=1S/C40H27NO/c1-40(2)34-23-29(17-19-31(34)32-20-16-24-8-6-7-11-30(24)37(32)40)28-15-13-25-12-14-26-18-21-35-38(36(26)33(25)22-28)42-39(41-35)27-9-4-3-5-10-27/h3-23H,1-2H3. The van der Waals surface area contributed by atoms with Crippen molar-refractivity contribution in [2.75, 3.05) is 0 Å². The minimum atomic E-state index is -0.0923. The molecule has 0 amide bonds. The Labute approximate surface area is 243 Å². The molecule has 0 spiro atoms. The van der Waals surface area contributed by atoms with Crippen LogP contribution in [0.15, 0.2) is 132 Å². The zero-order valence-electron chi connectivity index (χ0n) is 23.5. The van der Waals surface area contributed by atoms with E-state index in [9.17, 15) is 0 Å². The molecule has 0 radical (unpaired) electrons. The number of benzene rings is 7. The molecule has 7 aromatic carbocycles. The molecule has 9 rings (SSSR count). The summed E-state index contributed by atoms with van der Waals surface area (Å²) in [5, 5.41) is 7.29. The molecule has 198 valence electrons. The van der Waals surface area contributed by atoms with Crippen molar-refractivity contribution in [2.24, 2.45) is 0 Å². The van der Waals surface area contributed by atoms with Gasteiger partial charge in [0.15, 0.2) is 5.58 Å². The highest BCUT2D eigenvalue weighted by Gasteiger charge is 2.37. The molecule has 8 aromatic rings. The normalized spacial score (nSPS) is 13.7. The van der Waals surface area contributed by atoms with E-state index in [0.29, 0.717) is 5.89 Å². The Kier molecular flexibility index (Phi) is 4.70. The van der Waals surface area contributed by atoms with Gasteiger partial charge in [-0.2, -0.15) is 0 Å². The summed E-state index contributed by atoms with van der Waals surface area (Å²) >= 11 is 0. The summed E-state index contributed by atoms with van der Waals surface area (Å²) in [5.74, 6) is 0.652. The molecule has 42 heavy (non-hydrogen) atoms. The molecular weight excluding hydrogens is 510 g/mol. The van der Waals surface area contributed by atoms with Crippen molar-refractivity contribution >= 4 is 43.4 Å². The first-order chi connectivity index (χ1) is 20.6. The largest absolute Gasteiger partial charge is 0.435 e. The van der Waals surface area contributed by atoms with Crippen molar-refractivity contribution in [3.8, 4) is 33.7 Å². The maximum atomic E-state index is 6.47. The van der Waals surface area contributed by atoms with Crippen molar-refractivity contribution in [2.45, 2.75) is 19.3 Å². The lowest BCUT2D eigenvalue weighted by Gasteiger charge is -2.23. The highest BCUT2D eigenvalue weighted by Crippen LogP contribution is 2.52. The lowest BCUT2D eigenvalue weighted by molar-refractivity contribution is 0.623. The zero-order chi connectivity index (χ0) is 28.0. The first-order valence-corrected chi connectivity index (χ1v) is 14.6. The Morgan fingerprint density at radius 1 is 0.548 bits per heavy atom. The van der Waals surface area contributed by atoms with Gasteiger partial charge >= 0.3 is 0 Å². The van der Waals surface area contributed by atoms with E-state index < -0.39 is 0 Å². The number of rotatable bonds is 2. The molecule has 2 heteroatoms. The molecule has 1 aliphatic rings. The van der Waals surface area contributed by atoms with Gasteiger partial charge in [0.05, 0.1) is 0 Å². The predicted molar refractivity (Wildman–Crippen MR) is 175 cm³/mol. The molecule has 0 aliphatic heterocycles. The molecule has 1 aromatic heterocycles. The fourth-order valence-corrected chi connectivity index (χ4v) is 7.19. The topological polar surface area (TPSA) is 26.0 Å². The molecule has 0 bridgehead atoms. The molecule has 2 nitrogen and oxygen atoms in total. The van der Waals surface area contributed by atoms with Gasteiger partial charge in [0, 0.05) is 16.4 Å². The van der Waals surface area contributed by atoms with Gasteiger partial charge in [-0.3, -0.25) is 0 Å². The van der Waals surface area contributed by atoms with Crippen molar-refractivity contribution < 1.29 is 4.42 Å². The smallest absolute Gasteiger partial charge is 0.227 e. The van der Waals surface area contributed by atoms with E-state index >= 15 is 0 Å². The second-order valence-corrected chi connectivity index (χ2v) is 12.0. The summed E-state index contributed by atoms with van der Waals surface area (Å²) in [6, 6.07) is 45.9. The molecule has 0 fully saturated rings. The fourth-order valence-electron chi connectivity index (χ4n) is 7.19. The molecule has 0 saturated carbocycles. The summed E-state index contributed by atoms with van der Waals surface area (Å²) in [6.07, 6.45) is 0. The van der Waals surface area contributed by atoms with E-state index in [2.05, 4.69) is 111 Å². The molecule has 0 atom stereocenters. The SMILES string of the molecule is CC1(C)c2cc(-c3ccc4ccc5ccc6nc(-c7ccccc7)oc6c5c4c3)ccc2-c2ccc3ccccc3c21. The summed E-state index contributed by atoms with van der Waals surface area (Å²) in [6.45, 7) is 4.74. The first-order valence-electron chi connectivity index (χ1n) is 14.6. The predicted octanol–water partition coefficient (Wildman–Crippen LogP) is 10.9. The average Bonchev–Trinajstić information content (AvgIpc) is 3.58. The van der Waals surface area contributed by atoms with Gasteiger partial charge in [0.25, 0.3) is 0 Å². The van der Waals surface area contributed by atoms with Crippen LogP contribution < -0.4 is 0 Å². The number of aromatic nitrogens is 1. The van der Waals surface area contributed by atoms with E-state index in [4.69, 9.17) is 9.40 Å². The van der Waals surface area contributed by atoms with Gasteiger partial charge in [-0.25, -0.2) is 4.98 Å². The van der Waals surface area contributed by atoms with E-state index in [0.717, 1.165) is 27.4 Å². The van der Waals surface area contributed by atoms with E-state index in [1.165, 1.54) is 54.9 Å². The Bertz CT molecular complexity index is 2380. The number of hydrogen-bond acceptors (Lipinski definition) is 2. The number of hydrogen-bond donors (Lipinski definition) is 0. The fraction of sp³-hybridized carbons (Fsp3) is 0.0750. The second kappa shape index (κ2) is 8.41. The summed E-state index contributed by atoms with van der Waals surface area (Å²) < 4.78 is 6.47. The second-order valence-electron chi connectivity index (χ2n) is 12.0. The van der Waals surface area contributed by atoms with Crippen LogP contribution in [0.25, 0.3) is 77.1 Å². The minimum absolute atomic E-state index is 0.0923. The Hall–Kier alpha value is -5.21. The monoisotopic (exact) mass is 537 g/mol. The molecule has 0 unspecified atom stereocenters. The Morgan fingerprint density at radius 3 is 2.12 bits per heavy atom. The maximum absolute atomic E-state index is 6.47. The quantitative estimate of drug-likeness (QED) is 0.205. The molecular formula is C40H27NO. The van der Waals surface area contributed by atoms with Gasteiger partial charge in [-0.05, 0) is 90.6 Å². The molecule has 1 heterocycles. The summed E-state index contributed by atoms with van der Waals surface area (Å²) in [5.41, 5.74) is 10.5. The third-order valence-corrected chi connectivity index (χ3v) is 9.25.